The SMILES string of the molecule is CSCCC(NC(=O)C(N)CO)C(=O)NC(CC(N)=O)C(=O)NC(CS)C(=O)O. The van der Waals surface area contributed by atoms with Crippen molar-refractivity contribution in [3.8, 4) is 0 Å². The van der Waals surface area contributed by atoms with Gasteiger partial charge in [-0.25, -0.2) is 4.79 Å². The van der Waals surface area contributed by atoms with Gasteiger partial charge < -0.3 is 37.6 Å². The molecule has 9 N–H and O–H groups in total. The molecule has 4 unspecified atom stereocenters. The van der Waals surface area contributed by atoms with Gasteiger partial charge in [0.25, 0.3) is 0 Å². The van der Waals surface area contributed by atoms with Gasteiger partial charge in [-0.2, -0.15) is 24.4 Å². The minimum absolute atomic E-state index is 0.177. The van der Waals surface area contributed by atoms with E-state index in [1.807, 2.05) is 0 Å². The molecule has 0 saturated heterocycles. The quantitative estimate of drug-likeness (QED) is 0.122. The van der Waals surface area contributed by atoms with Crippen LogP contribution in [-0.2, 0) is 24.0 Å². The van der Waals surface area contributed by atoms with E-state index in [1.54, 1.807) is 6.26 Å². The molecule has 166 valence electrons. The van der Waals surface area contributed by atoms with Crippen LogP contribution < -0.4 is 27.4 Å². The van der Waals surface area contributed by atoms with E-state index in [1.165, 1.54) is 11.8 Å². The minimum atomic E-state index is -1.46. The highest BCUT2D eigenvalue weighted by atomic mass is 32.2. The van der Waals surface area contributed by atoms with Gasteiger partial charge in [-0.05, 0) is 18.4 Å². The number of hydrogen-bond acceptors (Lipinski definition) is 9. The van der Waals surface area contributed by atoms with Gasteiger partial charge in [-0.1, -0.05) is 0 Å². The maximum absolute atomic E-state index is 12.6. The van der Waals surface area contributed by atoms with Gasteiger partial charge in [-0.3, -0.25) is 19.2 Å². The number of nitrogens with two attached hydrogens (primary N) is 2. The third kappa shape index (κ3) is 10.3. The van der Waals surface area contributed by atoms with Crippen LogP contribution in [0.5, 0.6) is 0 Å². The van der Waals surface area contributed by atoms with Crippen molar-refractivity contribution in [3.05, 3.63) is 0 Å². The molecule has 4 atom stereocenters. The van der Waals surface area contributed by atoms with E-state index in [4.69, 9.17) is 21.7 Å². The van der Waals surface area contributed by atoms with Crippen molar-refractivity contribution in [3.63, 3.8) is 0 Å². The van der Waals surface area contributed by atoms with Gasteiger partial charge in [0.05, 0.1) is 13.0 Å². The molecule has 0 aliphatic rings. The van der Waals surface area contributed by atoms with Gasteiger partial charge in [0.15, 0.2) is 0 Å². The Balaban J connectivity index is 5.34. The number of hydrogen-bond donors (Lipinski definition) is 8. The van der Waals surface area contributed by atoms with Gasteiger partial charge >= 0.3 is 5.97 Å². The number of primary amides is 1. The molecule has 0 heterocycles. The first-order valence-corrected chi connectivity index (χ1v) is 10.5. The number of carbonyl (C=O) groups excluding carboxylic acids is 4. The zero-order valence-corrected chi connectivity index (χ0v) is 17.5. The molecular weight excluding hydrogens is 426 g/mol. The van der Waals surface area contributed by atoms with Crippen molar-refractivity contribution in [1.29, 1.82) is 0 Å². The van der Waals surface area contributed by atoms with Crippen molar-refractivity contribution in [2.45, 2.75) is 37.0 Å². The Morgan fingerprint density at radius 2 is 1.52 bits per heavy atom. The van der Waals surface area contributed by atoms with Crippen molar-refractivity contribution >= 4 is 54.0 Å². The maximum Gasteiger partial charge on any atom is 0.327 e. The van der Waals surface area contributed by atoms with Crippen molar-refractivity contribution in [2.75, 3.05) is 24.4 Å². The minimum Gasteiger partial charge on any atom is -0.480 e. The molecule has 0 aliphatic carbocycles. The fraction of sp³-hybridized carbons (Fsp3) is 0.667. The second kappa shape index (κ2) is 14.0. The molecular formula is C15H27N5O7S2. The molecule has 0 aromatic heterocycles. The largest absolute Gasteiger partial charge is 0.480 e. The van der Waals surface area contributed by atoms with E-state index >= 15 is 0 Å². The molecule has 12 nitrogen and oxygen atoms in total. The maximum atomic E-state index is 12.6. The molecule has 0 aliphatic heterocycles. The molecule has 14 heteroatoms. The Kier molecular flexibility index (Phi) is 13.0. The van der Waals surface area contributed by atoms with E-state index in [-0.39, 0.29) is 12.2 Å². The van der Waals surface area contributed by atoms with Gasteiger partial charge in [-0.15, -0.1) is 0 Å². The first-order chi connectivity index (χ1) is 13.6. The summed E-state index contributed by atoms with van der Waals surface area (Å²) in [6, 6.07) is -5.14. The summed E-state index contributed by atoms with van der Waals surface area (Å²) in [6.45, 7) is -0.629. The number of carboxylic acids is 1. The summed E-state index contributed by atoms with van der Waals surface area (Å²) in [5.41, 5.74) is 10.5. The number of amides is 4. The number of rotatable bonds is 14. The van der Waals surface area contributed by atoms with Crippen molar-refractivity contribution < 1.29 is 34.2 Å². The Morgan fingerprint density at radius 1 is 1.00 bits per heavy atom. The van der Waals surface area contributed by atoms with Crippen LogP contribution >= 0.6 is 24.4 Å². The molecule has 4 amide bonds. The van der Waals surface area contributed by atoms with E-state index in [0.717, 1.165) is 0 Å². The summed E-state index contributed by atoms with van der Waals surface area (Å²) in [7, 11) is 0. The van der Waals surface area contributed by atoms with Crippen molar-refractivity contribution in [2.24, 2.45) is 11.5 Å². The van der Waals surface area contributed by atoms with E-state index in [9.17, 15) is 24.0 Å². The van der Waals surface area contributed by atoms with Crippen LogP contribution in [0.25, 0.3) is 0 Å². The smallest absolute Gasteiger partial charge is 0.327 e. The first kappa shape index (κ1) is 27.0. The highest BCUT2D eigenvalue weighted by Gasteiger charge is 2.30. The molecule has 0 aromatic rings. The van der Waals surface area contributed by atoms with Crippen LogP contribution in [0.2, 0.25) is 0 Å². The lowest BCUT2D eigenvalue weighted by Gasteiger charge is -2.24. The predicted molar refractivity (Wildman–Crippen MR) is 109 cm³/mol. The van der Waals surface area contributed by atoms with E-state index < -0.39 is 66.8 Å². The van der Waals surface area contributed by atoms with Gasteiger partial charge in [0, 0.05) is 5.75 Å². The van der Waals surface area contributed by atoms with Crippen LogP contribution in [0.15, 0.2) is 0 Å². The normalized spacial score (nSPS) is 14.8. The molecule has 0 rings (SSSR count). The molecule has 0 saturated carbocycles. The van der Waals surface area contributed by atoms with E-state index in [2.05, 4.69) is 28.6 Å². The topological polar surface area (TPSA) is 214 Å². The number of nitrogens with one attached hydrogen (secondary N) is 3. The van der Waals surface area contributed by atoms with Crippen LogP contribution in [0.3, 0.4) is 0 Å². The summed E-state index contributed by atoms with van der Waals surface area (Å²) in [5.74, 6) is -4.51. The fourth-order valence-electron chi connectivity index (χ4n) is 2.01. The summed E-state index contributed by atoms with van der Waals surface area (Å²) < 4.78 is 0. The third-order valence-electron chi connectivity index (χ3n) is 3.61. The Morgan fingerprint density at radius 3 is 1.97 bits per heavy atom. The van der Waals surface area contributed by atoms with E-state index in [0.29, 0.717) is 5.75 Å². The standard InChI is InChI=1S/C15H27N5O7S2/c1-29-3-2-8(18-12(23)7(16)5-21)13(24)19-9(4-11(17)22)14(25)20-10(6-28)15(26)27/h7-10,21,28H,2-6,16H2,1H3,(H2,17,22)(H,18,23)(H,19,24)(H,20,25)(H,26,27). The summed E-state index contributed by atoms with van der Waals surface area (Å²) in [4.78, 5) is 59.1. The lowest BCUT2D eigenvalue weighted by Crippen LogP contribution is -2.58. The van der Waals surface area contributed by atoms with Crippen LogP contribution in [0, 0.1) is 0 Å². The number of aliphatic hydroxyl groups excluding tert-OH is 1. The fourth-order valence-corrected chi connectivity index (χ4v) is 2.73. The second-order valence-corrected chi connectivity index (χ2v) is 7.30. The average molecular weight is 454 g/mol. The highest BCUT2D eigenvalue weighted by Crippen LogP contribution is 2.04. The zero-order chi connectivity index (χ0) is 22.6. The molecule has 0 spiro atoms. The van der Waals surface area contributed by atoms with Crippen molar-refractivity contribution in [1.82, 2.24) is 16.0 Å². The number of aliphatic hydroxyl groups is 1. The molecule has 0 bridgehead atoms. The predicted octanol–water partition coefficient (Wildman–Crippen LogP) is -3.60. The zero-order valence-electron chi connectivity index (χ0n) is 15.8. The Bertz CT molecular complexity index is 608. The highest BCUT2D eigenvalue weighted by molar-refractivity contribution is 7.98. The summed E-state index contributed by atoms with van der Waals surface area (Å²) in [6.07, 6.45) is 1.37. The molecule has 0 radical (unpaired) electrons. The third-order valence-corrected chi connectivity index (χ3v) is 4.62. The molecule has 0 fully saturated rings. The summed E-state index contributed by atoms with van der Waals surface area (Å²) in [5, 5.41) is 24.8. The monoisotopic (exact) mass is 453 g/mol. The first-order valence-electron chi connectivity index (χ1n) is 8.45. The molecule has 29 heavy (non-hydrogen) atoms. The molecule has 0 aromatic carbocycles. The Hall–Kier alpha value is -2.03. The summed E-state index contributed by atoms with van der Waals surface area (Å²) >= 11 is 5.22. The number of thioether (sulfide) groups is 1. The van der Waals surface area contributed by atoms with Crippen LogP contribution in [0.1, 0.15) is 12.8 Å². The number of carboxylic acid groups (broad SMARTS) is 1. The lowest BCUT2D eigenvalue weighted by atomic mass is 10.1. The average Bonchev–Trinajstić information content (AvgIpc) is 2.66. The number of aliphatic carboxylic acids is 1. The lowest BCUT2D eigenvalue weighted by molar-refractivity contribution is -0.141. The second-order valence-electron chi connectivity index (χ2n) is 5.95. The van der Waals surface area contributed by atoms with Gasteiger partial charge in [0.2, 0.25) is 23.6 Å². The van der Waals surface area contributed by atoms with Crippen LogP contribution in [-0.4, -0.2) is 88.3 Å². The Labute approximate surface area is 177 Å². The number of thiol groups is 1. The van der Waals surface area contributed by atoms with Gasteiger partial charge in [0.1, 0.15) is 24.2 Å². The number of carbonyl (C=O) groups is 5. The van der Waals surface area contributed by atoms with Crippen LogP contribution in [0.4, 0.5) is 0 Å².